The first-order valence-corrected chi connectivity index (χ1v) is 17.1. The minimum Gasteiger partial charge on any atom is -0.456 e. The maximum Gasteiger partial charge on any atom is 0.139 e. The highest BCUT2D eigenvalue weighted by molar-refractivity contribution is 6.24. The summed E-state index contributed by atoms with van der Waals surface area (Å²) in [6, 6.07) is 61.0. The summed E-state index contributed by atoms with van der Waals surface area (Å²) >= 11 is 0. The Balaban J connectivity index is 1.13. The number of furan rings is 2. The monoisotopic (exact) mass is 636 g/mol. The van der Waals surface area contributed by atoms with Gasteiger partial charge < -0.3 is 8.83 Å². The molecule has 2 nitrogen and oxygen atoms in total. The van der Waals surface area contributed by atoms with E-state index < -0.39 is 0 Å². The van der Waals surface area contributed by atoms with Crippen LogP contribution >= 0.6 is 0 Å². The second kappa shape index (κ2) is 10.4. The molecular formula is C48H28O2. The standard InChI is InChI=1S/C48H28O2/c1-2-12-29(13-3-1)47-36-17-6-8-19-38(36)48(39-20-9-7-18-37(39)47)40-25-24-31(32-14-4-5-15-33(32)40)30-22-23-35-42-27-41-34-16-10-11-21-43(34)49-45(41)28-46(42)50-44(35)26-30/h1-28H. The Labute approximate surface area is 287 Å². The minimum atomic E-state index is 0.835. The van der Waals surface area contributed by atoms with Gasteiger partial charge in [-0.2, -0.15) is 0 Å². The summed E-state index contributed by atoms with van der Waals surface area (Å²) in [5, 5.41) is 11.9. The lowest BCUT2D eigenvalue weighted by atomic mass is 9.84. The van der Waals surface area contributed by atoms with E-state index in [4.69, 9.17) is 8.83 Å². The number of hydrogen-bond acceptors (Lipinski definition) is 2. The largest absolute Gasteiger partial charge is 0.456 e. The van der Waals surface area contributed by atoms with Crippen molar-refractivity contribution >= 4 is 76.2 Å². The zero-order chi connectivity index (χ0) is 32.8. The summed E-state index contributed by atoms with van der Waals surface area (Å²) < 4.78 is 12.7. The fourth-order valence-electron chi connectivity index (χ4n) is 8.27. The maximum absolute atomic E-state index is 6.51. The smallest absolute Gasteiger partial charge is 0.139 e. The van der Waals surface area contributed by atoms with Gasteiger partial charge in [0.25, 0.3) is 0 Å². The Morgan fingerprint density at radius 3 is 1.40 bits per heavy atom. The molecule has 0 amide bonds. The summed E-state index contributed by atoms with van der Waals surface area (Å²) in [4.78, 5) is 0. The lowest BCUT2D eigenvalue weighted by Crippen LogP contribution is -1.92. The van der Waals surface area contributed by atoms with Gasteiger partial charge in [0.15, 0.2) is 0 Å². The molecule has 11 aromatic rings. The average molecular weight is 637 g/mol. The quantitative estimate of drug-likeness (QED) is 0.180. The van der Waals surface area contributed by atoms with E-state index in [0.717, 1.165) is 49.4 Å². The van der Waals surface area contributed by atoms with Crippen LogP contribution in [0, 0.1) is 0 Å². The van der Waals surface area contributed by atoms with E-state index >= 15 is 0 Å². The third-order valence-corrected chi connectivity index (χ3v) is 10.5. The molecule has 0 spiro atoms. The fourth-order valence-corrected chi connectivity index (χ4v) is 8.27. The van der Waals surface area contributed by atoms with Gasteiger partial charge in [-0.25, -0.2) is 0 Å². The molecule has 2 heterocycles. The first-order valence-electron chi connectivity index (χ1n) is 17.1. The van der Waals surface area contributed by atoms with E-state index in [1.54, 1.807) is 0 Å². The Hall–Kier alpha value is -6.64. The normalized spacial score (nSPS) is 12.0. The van der Waals surface area contributed by atoms with Crippen molar-refractivity contribution in [3.63, 3.8) is 0 Å². The summed E-state index contributed by atoms with van der Waals surface area (Å²) in [5.74, 6) is 0. The number of hydrogen-bond donors (Lipinski definition) is 0. The van der Waals surface area contributed by atoms with Crippen molar-refractivity contribution in [2.45, 2.75) is 0 Å². The van der Waals surface area contributed by atoms with Crippen molar-refractivity contribution in [1.82, 2.24) is 0 Å². The molecule has 50 heavy (non-hydrogen) atoms. The number of fused-ring (bicyclic) bond motifs is 9. The molecule has 0 saturated heterocycles. The van der Waals surface area contributed by atoms with Gasteiger partial charge >= 0.3 is 0 Å². The fraction of sp³-hybridized carbons (Fsp3) is 0. The summed E-state index contributed by atoms with van der Waals surface area (Å²) in [7, 11) is 0. The first-order chi connectivity index (χ1) is 24.8. The lowest BCUT2D eigenvalue weighted by molar-refractivity contribution is 0.656. The van der Waals surface area contributed by atoms with Gasteiger partial charge in [-0.1, -0.05) is 140 Å². The molecule has 0 bridgehead atoms. The van der Waals surface area contributed by atoms with Crippen molar-refractivity contribution in [3.05, 3.63) is 170 Å². The van der Waals surface area contributed by atoms with E-state index in [9.17, 15) is 0 Å². The van der Waals surface area contributed by atoms with Crippen molar-refractivity contribution in [2.75, 3.05) is 0 Å². The second-order valence-corrected chi connectivity index (χ2v) is 13.2. The predicted molar refractivity (Wildman–Crippen MR) is 210 cm³/mol. The van der Waals surface area contributed by atoms with Crippen molar-refractivity contribution in [1.29, 1.82) is 0 Å². The molecule has 11 rings (SSSR count). The van der Waals surface area contributed by atoms with Crippen LogP contribution in [0.15, 0.2) is 179 Å². The van der Waals surface area contributed by atoms with Crippen LogP contribution in [0.4, 0.5) is 0 Å². The summed E-state index contributed by atoms with van der Waals surface area (Å²) in [6.07, 6.45) is 0. The minimum absolute atomic E-state index is 0.835. The maximum atomic E-state index is 6.51. The molecule has 9 aromatic carbocycles. The van der Waals surface area contributed by atoms with Gasteiger partial charge in [0.05, 0.1) is 0 Å². The Bertz CT molecular complexity index is 3080. The highest BCUT2D eigenvalue weighted by Crippen LogP contribution is 2.47. The van der Waals surface area contributed by atoms with E-state index in [1.807, 2.05) is 18.2 Å². The van der Waals surface area contributed by atoms with Crippen LogP contribution in [0.1, 0.15) is 0 Å². The number of para-hydroxylation sites is 1. The van der Waals surface area contributed by atoms with Gasteiger partial charge in [-0.15, -0.1) is 0 Å². The second-order valence-electron chi connectivity index (χ2n) is 13.2. The van der Waals surface area contributed by atoms with Crippen LogP contribution < -0.4 is 0 Å². The molecule has 0 aliphatic rings. The summed E-state index contributed by atoms with van der Waals surface area (Å²) in [6.45, 7) is 0. The highest BCUT2D eigenvalue weighted by atomic mass is 16.3. The van der Waals surface area contributed by atoms with Gasteiger partial charge in [-0.3, -0.25) is 0 Å². The predicted octanol–water partition coefficient (Wildman–Crippen LogP) is 13.9. The highest BCUT2D eigenvalue weighted by Gasteiger charge is 2.20. The molecule has 0 radical (unpaired) electrons. The third-order valence-electron chi connectivity index (χ3n) is 10.5. The molecule has 2 heteroatoms. The van der Waals surface area contributed by atoms with Crippen LogP contribution in [0.3, 0.4) is 0 Å². The van der Waals surface area contributed by atoms with Crippen LogP contribution in [-0.2, 0) is 0 Å². The summed E-state index contributed by atoms with van der Waals surface area (Å²) in [5.41, 5.74) is 10.8. The lowest BCUT2D eigenvalue weighted by Gasteiger charge is -2.19. The molecule has 0 fully saturated rings. The van der Waals surface area contributed by atoms with Crippen LogP contribution in [0.2, 0.25) is 0 Å². The van der Waals surface area contributed by atoms with Crippen molar-refractivity contribution in [2.24, 2.45) is 0 Å². The molecule has 232 valence electrons. The Morgan fingerprint density at radius 2 is 0.720 bits per heavy atom. The molecule has 0 saturated carbocycles. The topological polar surface area (TPSA) is 26.3 Å². The van der Waals surface area contributed by atoms with Gasteiger partial charge in [0.2, 0.25) is 0 Å². The van der Waals surface area contributed by atoms with E-state index in [1.165, 1.54) is 60.1 Å². The molecule has 0 unspecified atom stereocenters. The van der Waals surface area contributed by atoms with Gasteiger partial charge in [0, 0.05) is 27.6 Å². The van der Waals surface area contributed by atoms with E-state index in [0.29, 0.717) is 0 Å². The zero-order valence-corrected chi connectivity index (χ0v) is 27.0. The van der Waals surface area contributed by atoms with Gasteiger partial charge in [0.1, 0.15) is 22.3 Å². The van der Waals surface area contributed by atoms with Crippen LogP contribution in [0.25, 0.3) is 110 Å². The number of benzene rings is 9. The van der Waals surface area contributed by atoms with E-state index in [2.05, 4.69) is 152 Å². The molecule has 0 N–H and O–H groups in total. The van der Waals surface area contributed by atoms with Crippen LogP contribution in [-0.4, -0.2) is 0 Å². The third kappa shape index (κ3) is 3.90. The van der Waals surface area contributed by atoms with Gasteiger partial charge in [-0.05, 0) is 90.0 Å². The first kappa shape index (κ1) is 27.3. The van der Waals surface area contributed by atoms with Crippen molar-refractivity contribution < 1.29 is 8.83 Å². The molecule has 0 aliphatic carbocycles. The molecular weight excluding hydrogens is 609 g/mol. The average Bonchev–Trinajstić information content (AvgIpc) is 3.72. The Morgan fingerprint density at radius 1 is 0.240 bits per heavy atom. The van der Waals surface area contributed by atoms with E-state index in [-0.39, 0.29) is 0 Å². The Kier molecular flexibility index (Phi) is 5.70. The van der Waals surface area contributed by atoms with Crippen LogP contribution in [0.5, 0.6) is 0 Å². The zero-order valence-electron chi connectivity index (χ0n) is 27.0. The number of rotatable bonds is 3. The molecule has 0 atom stereocenters. The molecule has 2 aromatic heterocycles. The van der Waals surface area contributed by atoms with Crippen molar-refractivity contribution in [3.8, 4) is 33.4 Å². The SMILES string of the molecule is c1ccc(-c2c3ccccc3c(-c3ccc(-c4ccc5c(c4)oc4cc6oc7ccccc7c6cc45)c4ccccc34)c3ccccc23)cc1. The molecule has 0 aliphatic heterocycles.